The lowest BCUT2D eigenvalue weighted by Gasteiger charge is -1.99. The Bertz CT molecular complexity index is 772. The topological polar surface area (TPSA) is 19.7 Å². The molecule has 0 saturated heterocycles. The Labute approximate surface area is 123 Å². The lowest BCUT2D eigenvalue weighted by atomic mass is 10.1. The minimum absolute atomic E-state index is 0.753. The summed E-state index contributed by atoms with van der Waals surface area (Å²) in [6.07, 6.45) is 8.21. The van der Waals surface area contributed by atoms with E-state index in [2.05, 4.69) is 47.0 Å². The summed E-state index contributed by atoms with van der Waals surface area (Å²) in [6, 6.07) is 12.4. The average molecular weight is 284 g/mol. The van der Waals surface area contributed by atoms with Gasteiger partial charge in [-0.2, -0.15) is 4.57 Å². The molecule has 0 bridgehead atoms. The van der Waals surface area contributed by atoms with Gasteiger partial charge in [0, 0.05) is 29.8 Å². The maximum Gasteiger partial charge on any atom is 0.205 e. The first-order chi connectivity index (χ1) is 9.78. The zero-order valence-electron chi connectivity index (χ0n) is 11.3. The Morgan fingerprint density at radius 1 is 1.20 bits per heavy atom. The summed E-state index contributed by atoms with van der Waals surface area (Å²) >= 11 is 6.27. The number of hydrogen-bond acceptors (Lipinski definition) is 0. The van der Waals surface area contributed by atoms with E-state index in [1.54, 1.807) is 0 Å². The van der Waals surface area contributed by atoms with Crippen LogP contribution in [0.2, 0.25) is 5.02 Å². The van der Waals surface area contributed by atoms with Crippen LogP contribution < -0.4 is 4.57 Å². The van der Waals surface area contributed by atoms with Crippen molar-refractivity contribution in [2.24, 2.45) is 0 Å². The van der Waals surface area contributed by atoms with Crippen LogP contribution >= 0.6 is 11.6 Å². The zero-order valence-corrected chi connectivity index (χ0v) is 12.1. The Morgan fingerprint density at radius 2 is 2.10 bits per heavy atom. The third-order valence-corrected chi connectivity index (χ3v) is 3.69. The van der Waals surface area contributed by atoms with E-state index in [9.17, 15) is 0 Å². The van der Waals surface area contributed by atoms with Crippen molar-refractivity contribution in [1.82, 2.24) is 4.98 Å². The third kappa shape index (κ3) is 2.47. The number of aromatic amines is 1. The summed E-state index contributed by atoms with van der Waals surface area (Å²) in [5, 5.41) is 1.89. The highest BCUT2D eigenvalue weighted by Crippen LogP contribution is 2.25. The zero-order chi connectivity index (χ0) is 13.9. The van der Waals surface area contributed by atoms with Crippen molar-refractivity contribution in [3.8, 4) is 0 Å². The summed E-state index contributed by atoms with van der Waals surface area (Å²) in [7, 11) is 0. The molecule has 0 radical (unpaired) electrons. The first-order valence-electron chi connectivity index (χ1n) is 6.71. The Kier molecular flexibility index (Phi) is 3.57. The Balaban J connectivity index is 1.98. The smallest absolute Gasteiger partial charge is 0.205 e. The van der Waals surface area contributed by atoms with Gasteiger partial charge in [0.05, 0.1) is 10.5 Å². The molecule has 3 rings (SSSR count). The average Bonchev–Trinajstić information content (AvgIpc) is 2.94. The minimum atomic E-state index is 0.753. The van der Waals surface area contributed by atoms with Gasteiger partial charge in [0.1, 0.15) is 6.54 Å². The Hall–Kier alpha value is -2.06. The summed E-state index contributed by atoms with van der Waals surface area (Å²) in [5.41, 5.74) is 3.28. The molecular weight excluding hydrogens is 268 g/mol. The molecule has 0 aliphatic rings. The predicted octanol–water partition coefficient (Wildman–Crippen LogP) is 4.30. The van der Waals surface area contributed by atoms with Gasteiger partial charge in [0.25, 0.3) is 0 Å². The van der Waals surface area contributed by atoms with Crippen LogP contribution in [0.25, 0.3) is 23.1 Å². The summed E-state index contributed by atoms with van der Waals surface area (Å²) in [5.74, 6) is 0. The molecule has 0 fully saturated rings. The summed E-state index contributed by atoms with van der Waals surface area (Å²) in [4.78, 5) is 3.15. The van der Waals surface area contributed by atoms with E-state index in [1.165, 1.54) is 5.69 Å². The maximum atomic E-state index is 6.27. The van der Waals surface area contributed by atoms with E-state index < -0.39 is 0 Å². The van der Waals surface area contributed by atoms with Crippen molar-refractivity contribution < 1.29 is 4.57 Å². The molecule has 2 nitrogen and oxygen atoms in total. The fraction of sp³-hybridized carbons (Fsp3) is 0.118. The van der Waals surface area contributed by atoms with Gasteiger partial charge in [0.2, 0.25) is 5.69 Å². The number of H-pyrrole nitrogens is 1. The normalized spacial score (nSPS) is 11.5. The van der Waals surface area contributed by atoms with E-state index in [1.807, 2.05) is 30.5 Å². The molecule has 1 aromatic carbocycles. The van der Waals surface area contributed by atoms with Gasteiger partial charge in [-0.15, -0.1) is 0 Å². The van der Waals surface area contributed by atoms with Crippen LogP contribution in [0, 0.1) is 0 Å². The molecule has 0 unspecified atom stereocenters. The van der Waals surface area contributed by atoms with Crippen molar-refractivity contribution in [2.45, 2.75) is 13.5 Å². The number of pyridine rings is 1. The predicted molar refractivity (Wildman–Crippen MR) is 84.5 cm³/mol. The monoisotopic (exact) mass is 283 g/mol. The first-order valence-corrected chi connectivity index (χ1v) is 7.09. The molecule has 100 valence electrons. The second-order valence-electron chi connectivity index (χ2n) is 4.69. The second-order valence-corrected chi connectivity index (χ2v) is 5.10. The molecule has 2 aromatic heterocycles. The van der Waals surface area contributed by atoms with Crippen molar-refractivity contribution in [3.05, 3.63) is 65.1 Å². The largest absolute Gasteiger partial charge is 0.360 e. The van der Waals surface area contributed by atoms with Gasteiger partial charge in [-0.1, -0.05) is 11.6 Å². The van der Waals surface area contributed by atoms with E-state index >= 15 is 0 Å². The van der Waals surface area contributed by atoms with Crippen LogP contribution in [0.4, 0.5) is 0 Å². The molecule has 0 amide bonds. The molecule has 0 saturated carbocycles. The first kappa shape index (κ1) is 12.9. The summed E-state index contributed by atoms with van der Waals surface area (Å²) < 4.78 is 2.20. The van der Waals surface area contributed by atoms with Crippen molar-refractivity contribution in [3.63, 3.8) is 0 Å². The molecular formula is C17H16ClN2+. The van der Waals surface area contributed by atoms with E-state index in [4.69, 9.17) is 11.6 Å². The maximum absolute atomic E-state index is 6.27. The van der Waals surface area contributed by atoms with E-state index in [0.29, 0.717) is 0 Å². The van der Waals surface area contributed by atoms with Gasteiger partial charge in [-0.3, -0.25) is 0 Å². The van der Waals surface area contributed by atoms with Crippen molar-refractivity contribution >= 4 is 34.7 Å². The quantitative estimate of drug-likeness (QED) is 0.692. The van der Waals surface area contributed by atoms with Gasteiger partial charge in [-0.05, 0) is 42.8 Å². The van der Waals surface area contributed by atoms with Crippen LogP contribution in [-0.2, 0) is 6.54 Å². The Morgan fingerprint density at radius 3 is 2.95 bits per heavy atom. The van der Waals surface area contributed by atoms with Gasteiger partial charge in [-0.25, -0.2) is 0 Å². The fourth-order valence-corrected chi connectivity index (χ4v) is 2.64. The van der Waals surface area contributed by atoms with Crippen molar-refractivity contribution in [1.29, 1.82) is 0 Å². The number of nitrogens with zero attached hydrogens (tertiary/aromatic N) is 1. The van der Waals surface area contributed by atoms with Crippen molar-refractivity contribution in [2.75, 3.05) is 0 Å². The number of aryl methyl sites for hydroxylation is 1. The number of rotatable bonds is 3. The minimum Gasteiger partial charge on any atom is -0.360 e. The number of halogens is 1. The lowest BCUT2D eigenvalue weighted by molar-refractivity contribution is -0.695. The molecule has 1 N–H and O–H groups in total. The van der Waals surface area contributed by atoms with Gasteiger partial charge < -0.3 is 4.98 Å². The third-order valence-electron chi connectivity index (χ3n) is 3.40. The lowest BCUT2D eigenvalue weighted by Crippen LogP contribution is -2.34. The molecule has 0 aliphatic carbocycles. The second kappa shape index (κ2) is 5.51. The van der Waals surface area contributed by atoms with Crippen LogP contribution in [-0.4, -0.2) is 4.98 Å². The number of benzene rings is 1. The molecule has 0 aliphatic heterocycles. The molecule has 3 aromatic rings. The number of fused-ring (bicyclic) bond motifs is 1. The molecule has 0 atom stereocenters. The molecule has 20 heavy (non-hydrogen) atoms. The van der Waals surface area contributed by atoms with Crippen LogP contribution in [0.1, 0.15) is 18.2 Å². The number of hydrogen-bond donors (Lipinski definition) is 1. The highest BCUT2D eigenvalue weighted by Gasteiger charge is 2.04. The molecule has 2 heterocycles. The van der Waals surface area contributed by atoms with E-state index in [0.717, 1.165) is 28.0 Å². The molecule has 3 heteroatoms. The van der Waals surface area contributed by atoms with Crippen LogP contribution in [0.3, 0.4) is 0 Å². The van der Waals surface area contributed by atoms with E-state index in [-0.39, 0.29) is 0 Å². The standard InChI is InChI=1S/C17H15ClN2/c1-2-20-10-4-3-5-15(20)7-6-13-11-14-8-9-19-17(14)16(18)12-13/h3-12H,2H2,1H3/p+1. The van der Waals surface area contributed by atoms with Gasteiger partial charge >= 0.3 is 0 Å². The van der Waals surface area contributed by atoms with Crippen LogP contribution in [0.5, 0.6) is 0 Å². The summed E-state index contributed by atoms with van der Waals surface area (Å²) in [6.45, 7) is 3.10. The van der Waals surface area contributed by atoms with Crippen LogP contribution in [0.15, 0.2) is 48.8 Å². The highest BCUT2D eigenvalue weighted by molar-refractivity contribution is 6.35. The van der Waals surface area contributed by atoms with Gasteiger partial charge in [0.15, 0.2) is 6.20 Å². The molecule has 0 spiro atoms. The number of aromatic nitrogens is 2. The SMILES string of the molecule is CC[n+]1ccccc1C=Cc1cc(Cl)c2[nH]ccc2c1. The highest BCUT2D eigenvalue weighted by atomic mass is 35.5. The fourth-order valence-electron chi connectivity index (χ4n) is 2.35. The number of nitrogens with one attached hydrogen (secondary N) is 1.